The molecule has 0 fully saturated rings. The van der Waals surface area contributed by atoms with Crippen molar-refractivity contribution in [3.05, 3.63) is 0 Å². The van der Waals surface area contributed by atoms with Crippen LogP contribution in [-0.2, 0) is 4.79 Å². The predicted molar refractivity (Wildman–Crippen MR) is 80.8 cm³/mol. The molecule has 20 heavy (non-hydrogen) atoms. The normalized spacial score (nSPS) is 10.9. The van der Waals surface area contributed by atoms with Crippen molar-refractivity contribution < 1.29 is 14.7 Å². The summed E-state index contributed by atoms with van der Waals surface area (Å²) in [5.74, 6) is -0.229. The molecule has 1 N–H and O–H groups in total. The number of hydrogen-bond donors (Lipinski definition) is 1. The molecular formula is C15H30N2O3. The summed E-state index contributed by atoms with van der Waals surface area (Å²) in [6.07, 6.45) is 2.06. The van der Waals surface area contributed by atoms with Crippen LogP contribution in [-0.4, -0.2) is 53.1 Å². The van der Waals surface area contributed by atoms with E-state index in [0.717, 1.165) is 12.8 Å². The van der Waals surface area contributed by atoms with Gasteiger partial charge in [0, 0.05) is 19.6 Å². The van der Waals surface area contributed by atoms with Gasteiger partial charge in [0.1, 0.15) is 6.54 Å². The summed E-state index contributed by atoms with van der Waals surface area (Å²) in [5, 5.41) is 8.96. The van der Waals surface area contributed by atoms with E-state index in [9.17, 15) is 9.59 Å². The average Bonchev–Trinajstić information content (AvgIpc) is 2.37. The molecule has 0 aliphatic heterocycles. The van der Waals surface area contributed by atoms with Crippen molar-refractivity contribution in [1.29, 1.82) is 0 Å². The van der Waals surface area contributed by atoms with Crippen molar-refractivity contribution in [1.82, 2.24) is 9.80 Å². The van der Waals surface area contributed by atoms with Crippen LogP contribution in [0.4, 0.5) is 4.79 Å². The van der Waals surface area contributed by atoms with Gasteiger partial charge in [0.05, 0.1) is 0 Å². The molecule has 2 amide bonds. The van der Waals surface area contributed by atoms with Crippen molar-refractivity contribution in [2.45, 2.75) is 47.5 Å². The van der Waals surface area contributed by atoms with Crippen molar-refractivity contribution >= 4 is 12.0 Å². The zero-order valence-electron chi connectivity index (χ0n) is 13.6. The first kappa shape index (κ1) is 18.7. The van der Waals surface area contributed by atoms with Crippen LogP contribution in [0.3, 0.4) is 0 Å². The largest absolute Gasteiger partial charge is 0.480 e. The van der Waals surface area contributed by atoms with E-state index < -0.39 is 5.97 Å². The van der Waals surface area contributed by atoms with Gasteiger partial charge in [0.2, 0.25) is 0 Å². The van der Waals surface area contributed by atoms with Gasteiger partial charge in [-0.3, -0.25) is 4.79 Å². The Morgan fingerprint density at radius 1 is 1.00 bits per heavy atom. The Kier molecular flexibility index (Phi) is 9.01. The van der Waals surface area contributed by atoms with Gasteiger partial charge in [0.15, 0.2) is 0 Å². The van der Waals surface area contributed by atoms with Crippen LogP contribution < -0.4 is 0 Å². The van der Waals surface area contributed by atoms with Gasteiger partial charge < -0.3 is 14.9 Å². The van der Waals surface area contributed by atoms with E-state index in [1.807, 2.05) is 20.8 Å². The van der Waals surface area contributed by atoms with Crippen LogP contribution in [0.1, 0.15) is 47.5 Å². The molecule has 0 spiro atoms. The van der Waals surface area contributed by atoms with Crippen molar-refractivity contribution in [2.75, 3.05) is 26.2 Å². The third kappa shape index (κ3) is 6.78. The highest BCUT2D eigenvalue weighted by atomic mass is 16.4. The number of nitrogens with zero attached hydrogens (tertiary/aromatic N) is 2. The number of carbonyl (C=O) groups excluding carboxylic acids is 1. The molecule has 0 saturated carbocycles. The molecule has 0 aromatic rings. The van der Waals surface area contributed by atoms with Gasteiger partial charge in [-0.15, -0.1) is 0 Å². The first-order chi connectivity index (χ1) is 9.35. The van der Waals surface area contributed by atoms with Gasteiger partial charge in [-0.05, 0) is 18.8 Å². The van der Waals surface area contributed by atoms with Crippen LogP contribution in [0, 0.1) is 11.8 Å². The Bertz CT molecular complexity index is 301. The summed E-state index contributed by atoms with van der Waals surface area (Å²) in [4.78, 5) is 26.6. The lowest BCUT2D eigenvalue weighted by atomic mass is 10.0. The summed E-state index contributed by atoms with van der Waals surface area (Å²) in [6.45, 7) is 11.7. The number of carboxylic acids is 1. The van der Waals surface area contributed by atoms with E-state index in [1.54, 1.807) is 4.90 Å². The molecular weight excluding hydrogens is 256 g/mol. The lowest BCUT2D eigenvalue weighted by molar-refractivity contribution is -0.137. The van der Waals surface area contributed by atoms with Crippen LogP contribution in [0.2, 0.25) is 0 Å². The molecule has 0 aliphatic rings. The fraction of sp³-hybridized carbons (Fsp3) is 0.867. The Labute approximate surface area is 122 Å². The topological polar surface area (TPSA) is 60.9 Å². The maximum atomic E-state index is 12.5. The fourth-order valence-electron chi connectivity index (χ4n) is 2.22. The molecule has 118 valence electrons. The maximum Gasteiger partial charge on any atom is 0.323 e. The lowest BCUT2D eigenvalue weighted by Gasteiger charge is -2.32. The van der Waals surface area contributed by atoms with E-state index in [0.29, 0.717) is 25.6 Å². The molecule has 5 heteroatoms. The van der Waals surface area contributed by atoms with E-state index in [4.69, 9.17) is 5.11 Å². The Balaban J connectivity index is 4.83. The van der Waals surface area contributed by atoms with E-state index in [-0.39, 0.29) is 18.5 Å². The first-order valence-corrected chi connectivity index (χ1v) is 7.61. The molecule has 0 atom stereocenters. The SMILES string of the molecule is CCC(CC)CN(CC)C(=O)N(CC(=O)O)CC(C)C. The maximum absolute atomic E-state index is 12.5. The number of carbonyl (C=O) groups is 2. The van der Waals surface area contributed by atoms with Crippen LogP contribution in [0.5, 0.6) is 0 Å². The minimum Gasteiger partial charge on any atom is -0.480 e. The summed E-state index contributed by atoms with van der Waals surface area (Å²) in [5.41, 5.74) is 0. The number of urea groups is 1. The molecule has 5 nitrogen and oxygen atoms in total. The second kappa shape index (κ2) is 9.61. The summed E-state index contributed by atoms with van der Waals surface area (Å²) in [7, 11) is 0. The Hall–Kier alpha value is -1.26. The summed E-state index contributed by atoms with van der Waals surface area (Å²) in [6, 6.07) is -0.157. The smallest absolute Gasteiger partial charge is 0.323 e. The number of rotatable bonds is 9. The molecule has 0 radical (unpaired) electrons. The second-order valence-electron chi connectivity index (χ2n) is 5.67. The van der Waals surface area contributed by atoms with Crippen LogP contribution in [0.25, 0.3) is 0 Å². The minimum atomic E-state index is -0.961. The highest BCUT2D eigenvalue weighted by molar-refractivity contribution is 5.80. The second-order valence-corrected chi connectivity index (χ2v) is 5.67. The molecule has 0 heterocycles. The molecule has 0 saturated heterocycles. The highest BCUT2D eigenvalue weighted by Gasteiger charge is 2.24. The van der Waals surface area contributed by atoms with Crippen molar-refractivity contribution in [2.24, 2.45) is 11.8 Å². The van der Waals surface area contributed by atoms with Gasteiger partial charge >= 0.3 is 12.0 Å². The monoisotopic (exact) mass is 286 g/mol. The Morgan fingerprint density at radius 2 is 1.55 bits per heavy atom. The predicted octanol–water partition coefficient (Wildman–Crippen LogP) is 2.91. The third-order valence-electron chi connectivity index (χ3n) is 3.47. The first-order valence-electron chi connectivity index (χ1n) is 7.61. The van der Waals surface area contributed by atoms with E-state index in [2.05, 4.69) is 13.8 Å². The number of hydrogen-bond acceptors (Lipinski definition) is 2. The molecule has 0 bridgehead atoms. The van der Waals surface area contributed by atoms with E-state index in [1.165, 1.54) is 4.90 Å². The molecule has 0 aromatic carbocycles. The molecule has 0 aliphatic carbocycles. The van der Waals surface area contributed by atoms with Crippen molar-refractivity contribution in [3.63, 3.8) is 0 Å². The summed E-state index contributed by atoms with van der Waals surface area (Å²) < 4.78 is 0. The van der Waals surface area contributed by atoms with Crippen LogP contribution >= 0.6 is 0 Å². The Morgan fingerprint density at radius 3 is 1.90 bits per heavy atom. The third-order valence-corrected chi connectivity index (χ3v) is 3.47. The highest BCUT2D eigenvalue weighted by Crippen LogP contribution is 2.12. The molecule has 0 unspecified atom stereocenters. The number of carboxylic acid groups (broad SMARTS) is 1. The summed E-state index contributed by atoms with van der Waals surface area (Å²) >= 11 is 0. The molecule has 0 rings (SSSR count). The van der Waals surface area contributed by atoms with Gasteiger partial charge in [-0.1, -0.05) is 40.5 Å². The van der Waals surface area contributed by atoms with Gasteiger partial charge in [0.25, 0.3) is 0 Å². The van der Waals surface area contributed by atoms with Crippen molar-refractivity contribution in [3.8, 4) is 0 Å². The zero-order chi connectivity index (χ0) is 15.7. The molecule has 0 aromatic heterocycles. The van der Waals surface area contributed by atoms with Crippen LogP contribution in [0.15, 0.2) is 0 Å². The zero-order valence-corrected chi connectivity index (χ0v) is 13.6. The van der Waals surface area contributed by atoms with Gasteiger partial charge in [-0.2, -0.15) is 0 Å². The standard InChI is InChI=1S/C15H30N2O3/c1-6-13(7-2)10-16(8-3)15(20)17(9-12(4)5)11-14(18)19/h12-13H,6-11H2,1-5H3,(H,18,19). The minimum absolute atomic E-state index is 0.157. The van der Waals surface area contributed by atoms with E-state index >= 15 is 0 Å². The van der Waals surface area contributed by atoms with Gasteiger partial charge in [-0.25, -0.2) is 4.79 Å². The lowest BCUT2D eigenvalue weighted by Crippen LogP contribution is -2.48. The quantitative estimate of drug-likeness (QED) is 0.709. The number of amides is 2. The number of aliphatic carboxylic acids is 1. The fourth-order valence-corrected chi connectivity index (χ4v) is 2.22. The average molecular weight is 286 g/mol.